The average Bonchev–Trinajstić information content (AvgIpc) is 2.08. The Morgan fingerprint density at radius 3 is 2.79 bits per heavy atom. The number of carboxylic acid groups (broad SMARTS) is 1. The first-order chi connectivity index (χ1) is 6.15. The number of allylic oxidation sites excluding steroid dienone is 1. The zero-order valence-corrected chi connectivity index (χ0v) is 11.0. The minimum atomic E-state index is -0.954. The van der Waals surface area contributed by atoms with Gasteiger partial charge in [0, 0.05) is 39.3 Å². The smallest absolute Gasteiger partial charge is 0.249 e. The van der Waals surface area contributed by atoms with E-state index in [1.165, 1.54) is 6.08 Å². The van der Waals surface area contributed by atoms with Crippen molar-refractivity contribution in [3.8, 4) is 0 Å². The molecule has 0 aromatic carbocycles. The fraction of sp³-hybridized carbons (Fsp3) is 0.300. The van der Waals surface area contributed by atoms with E-state index in [1.807, 2.05) is 6.92 Å². The van der Waals surface area contributed by atoms with Crippen LogP contribution in [0.3, 0.4) is 0 Å². The fourth-order valence-electron chi connectivity index (χ4n) is 1.07. The van der Waals surface area contributed by atoms with Crippen molar-refractivity contribution >= 4 is 5.97 Å². The summed E-state index contributed by atoms with van der Waals surface area (Å²) in [6, 6.07) is 0. The fourth-order valence-corrected chi connectivity index (χ4v) is 1.07. The second-order valence-electron chi connectivity index (χ2n) is 2.81. The van der Waals surface area contributed by atoms with E-state index < -0.39 is 5.97 Å². The van der Waals surface area contributed by atoms with Crippen LogP contribution in [0.2, 0.25) is 0 Å². The van der Waals surface area contributed by atoms with Crippen molar-refractivity contribution in [2.24, 2.45) is 0 Å². The molecule has 1 heterocycles. The predicted octanol–water partition coefficient (Wildman–Crippen LogP) is 1.55. The Bertz CT molecular complexity index is 294. The van der Waals surface area contributed by atoms with E-state index in [-0.39, 0.29) is 38.3 Å². The normalized spacial score (nSPS) is 14.8. The van der Waals surface area contributed by atoms with Crippen LogP contribution in [0.25, 0.3) is 0 Å². The van der Waals surface area contributed by atoms with Crippen molar-refractivity contribution in [3.63, 3.8) is 0 Å². The van der Waals surface area contributed by atoms with Gasteiger partial charge < -0.3 is 14.8 Å². The molecule has 0 aromatic rings. The summed E-state index contributed by atoms with van der Waals surface area (Å²) in [4.78, 5) is 12.3. The molecule has 1 N–H and O–H groups in total. The van der Waals surface area contributed by atoms with Crippen molar-refractivity contribution in [2.45, 2.75) is 13.3 Å². The van der Waals surface area contributed by atoms with Crippen molar-refractivity contribution in [2.75, 3.05) is 6.54 Å². The molecule has 0 amide bonds. The molecule has 0 fully saturated rings. The van der Waals surface area contributed by atoms with E-state index in [0.717, 1.165) is 18.7 Å². The van der Waals surface area contributed by atoms with Crippen LogP contribution >= 0.6 is 0 Å². The maximum atomic E-state index is 10.6. The quantitative estimate of drug-likeness (QED) is 0.789. The summed E-state index contributed by atoms with van der Waals surface area (Å²) < 4.78 is 0. The van der Waals surface area contributed by atoms with Crippen LogP contribution in [-0.4, -0.2) is 22.5 Å². The minimum absolute atomic E-state index is 0. The Morgan fingerprint density at radius 1 is 1.64 bits per heavy atom. The van der Waals surface area contributed by atoms with Crippen molar-refractivity contribution in [1.82, 2.24) is 4.90 Å². The van der Waals surface area contributed by atoms with Gasteiger partial charge in [-0.1, -0.05) is 13.1 Å². The number of nitrogens with zero attached hydrogens (tertiary/aromatic N) is 1. The Morgan fingerprint density at radius 2 is 2.29 bits per heavy atom. The van der Waals surface area contributed by atoms with Gasteiger partial charge in [-0.3, -0.25) is 0 Å². The second-order valence-corrected chi connectivity index (χ2v) is 2.81. The summed E-state index contributed by atoms with van der Waals surface area (Å²) >= 11 is 0. The summed E-state index contributed by atoms with van der Waals surface area (Å²) in [5, 5.41) is 8.70. The van der Waals surface area contributed by atoms with E-state index in [4.69, 9.17) is 5.11 Å². The molecule has 1 aliphatic rings. The van der Waals surface area contributed by atoms with Crippen molar-refractivity contribution in [1.29, 1.82) is 0 Å². The third kappa shape index (κ3) is 3.39. The summed E-state index contributed by atoms with van der Waals surface area (Å²) in [6.07, 6.45) is 6.91. The molecule has 0 spiro atoms. The number of aliphatic carboxylic acids is 1. The third-order valence-electron chi connectivity index (χ3n) is 1.72. The van der Waals surface area contributed by atoms with Gasteiger partial charge in [-0.15, -0.1) is 18.7 Å². The zero-order valence-electron chi connectivity index (χ0n) is 8.16. The van der Waals surface area contributed by atoms with Crippen LogP contribution in [-0.2, 0) is 37.5 Å². The molecule has 0 saturated heterocycles. The first kappa shape index (κ1) is 13.6. The molecule has 0 saturated carbocycles. The molecule has 0 atom stereocenters. The number of carboxylic acids is 1. The van der Waals surface area contributed by atoms with Gasteiger partial charge in [0.25, 0.3) is 0 Å². The predicted molar refractivity (Wildman–Crippen MR) is 49.7 cm³/mol. The van der Waals surface area contributed by atoms with Gasteiger partial charge in [0.15, 0.2) is 0 Å². The zero-order chi connectivity index (χ0) is 9.84. The minimum Gasteiger partial charge on any atom is -0.521 e. The van der Waals surface area contributed by atoms with Crippen LogP contribution in [0.4, 0.5) is 0 Å². The molecule has 1 rings (SSSR count). The maximum absolute atomic E-state index is 10.6. The molecule has 0 aliphatic carbocycles. The summed E-state index contributed by atoms with van der Waals surface area (Å²) in [7, 11) is 0. The molecule has 1 radical (unpaired) electrons. The van der Waals surface area contributed by atoms with Crippen LogP contribution in [0.1, 0.15) is 13.3 Å². The number of rotatable bonds is 3. The van der Waals surface area contributed by atoms with Crippen molar-refractivity contribution < 1.29 is 42.6 Å². The van der Waals surface area contributed by atoms with Gasteiger partial charge in [0.2, 0.25) is 5.97 Å². The van der Waals surface area contributed by atoms with Crippen LogP contribution in [0.5, 0.6) is 0 Å². The Balaban J connectivity index is 0.00000169. The SMILES string of the molecule is C=C1C=CC(C(=O)O)=[C-]N1CCC.[Y]. The molecule has 73 valence electrons. The topological polar surface area (TPSA) is 40.5 Å². The molecule has 4 heteroatoms. The monoisotopic (exact) mass is 267 g/mol. The summed E-state index contributed by atoms with van der Waals surface area (Å²) in [5.74, 6) is -0.954. The third-order valence-corrected chi connectivity index (χ3v) is 1.72. The van der Waals surface area contributed by atoms with E-state index in [1.54, 1.807) is 11.0 Å². The van der Waals surface area contributed by atoms with Crippen LogP contribution < -0.4 is 0 Å². The van der Waals surface area contributed by atoms with Gasteiger partial charge in [-0.25, -0.2) is 0 Å². The number of carbonyl (C=O) groups is 1. The van der Waals surface area contributed by atoms with E-state index in [2.05, 4.69) is 12.8 Å². The Labute approximate surface area is 109 Å². The molecule has 0 bridgehead atoms. The van der Waals surface area contributed by atoms with Crippen molar-refractivity contribution in [3.05, 3.63) is 36.2 Å². The summed E-state index contributed by atoms with van der Waals surface area (Å²) in [6.45, 7) is 6.55. The van der Waals surface area contributed by atoms with Gasteiger partial charge in [0.1, 0.15) is 0 Å². The Kier molecular flexibility index (Phi) is 5.97. The number of hydrogen-bond acceptors (Lipinski definition) is 2. The van der Waals surface area contributed by atoms with E-state index in [0.29, 0.717) is 0 Å². The van der Waals surface area contributed by atoms with Crippen LogP contribution in [0, 0.1) is 6.20 Å². The maximum Gasteiger partial charge on any atom is 0.249 e. The average molecular weight is 267 g/mol. The van der Waals surface area contributed by atoms with Gasteiger partial charge in [0.05, 0.1) is 0 Å². The standard InChI is InChI=1S/C10H12NO2.Y/c1-3-6-11-7-9(10(12)13)5-4-8(11)2;/h4-5H,2-3,6H2,1H3,(H,12,13);/q-1;. The van der Waals surface area contributed by atoms with Crippen LogP contribution in [0.15, 0.2) is 30.0 Å². The molecule has 0 aromatic heterocycles. The second kappa shape index (κ2) is 6.15. The first-order valence-corrected chi connectivity index (χ1v) is 4.16. The molecule has 0 unspecified atom stereocenters. The van der Waals surface area contributed by atoms with Gasteiger partial charge in [-0.05, 0) is 17.7 Å². The summed E-state index contributed by atoms with van der Waals surface area (Å²) in [5.41, 5.74) is 0.965. The Hall–Kier alpha value is -0.406. The molecule has 3 nitrogen and oxygen atoms in total. The molecule has 14 heavy (non-hydrogen) atoms. The van der Waals surface area contributed by atoms with E-state index in [9.17, 15) is 4.79 Å². The molecular formula is C10H12NO2Y-. The van der Waals surface area contributed by atoms with E-state index >= 15 is 0 Å². The molecule has 1 aliphatic heterocycles. The van der Waals surface area contributed by atoms with Gasteiger partial charge in [-0.2, -0.15) is 0 Å². The first-order valence-electron chi connectivity index (χ1n) is 4.16. The number of hydrogen-bond donors (Lipinski definition) is 1. The van der Waals surface area contributed by atoms with Gasteiger partial charge >= 0.3 is 0 Å². The molecular weight excluding hydrogens is 255 g/mol. The largest absolute Gasteiger partial charge is 0.521 e.